The van der Waals surface area contributed by atoms with Gasteiger partial charge in [-0.25, -0.2) is 0 Å². The Morgan fingerprint density at radius 1 is 1.27 bits per heavy atom. The Bertz CT molecular complexity index is 212. The summed E-state index contributed by atoms with van der Waals surface area (Å²) in [5.41, 5.74) is 0. The summed E-state index contributed by atoms with van der Waals surface area (Å²) in [7, 11) is 0. The first kappa shape index (κ1) is 11.7. The third-order valence-corrected chi connectivity index (χ3v) is 4.30. The van der Waals surface area contributed by atoms with Gasteiger partial charge in [0.25, 0.3) is 0 Å². The van der Waals surface area contributed by atoms with Crippen LogP contribution in [0.2, 0.25) is 0 Å². The Morgan fingerprint density at radius 3 is 2.67 bits per heavy atom. The molecule has 2 fully saturated rings. The minimum absolute atomic E-state index is 0.331. The van der Waals surface area contributed by atoms with E-state index >= 15 is 0 Å². The van der Waals surface area contributed by atoms with Crippen molar-refractivity contribution >= 4 is 11.6 Å². The highest BCUT2D eigenvalue weighted by molar-refractivity contribution is 6.21. The van der Waals surface area contributed by atoms with E-state index in [9.17, 15) is 0 Å². The Balaban J connectivity index is 1.75. The fraction of sp³-hybridized carbons (Fsp3) is 1.00. The summed E-state index contributed by atoms with van der Waals surface area (Å²) >= 11 is 6.29. The topological polar surface area (TPSA) is 12.5 Å². The summed E-state index contributed by atoms with van der Waals surface area (Å²) in [6.07, 6.45) is 4.60. The van der Waals surface area contributed by atoms with Crippen LogP contribution in [0.1, 0.15) is 33.1 Å². The van der Waals surface area contributed by atoms with Crippen molar-refractivity contribution in [2.75, 3.05) is 19.6 Å². The van der Waals surface area contributed by atoms with Crippen LogP contribution in [0, 0.1) is 5.92 Å². The molecular formula is C12H22ClNO. The molecule has 0 aromatic rings. The number of hydrogen-bond acceptors (Lipinski definition) is 2. The first-order valence-corrected chi connectivity index (χ1v) is 6.60. The molecule has 0 aromatic heterocycles. The van der Waals surface area contributed by atoms with Crippen molar-refractivity contribution in [1.29, 1.82) is 0 Å². The van der Waals surface area contributed by atoms with E-state index in [1.54, 1.807) is 0 Å². The van der Waals surface area contributed by atoms with Crippen LogP contribution in [0.3, 0.4) is 0 Å². The van der Waals surface area contributed by atoms with Crippen LogP contribution >= 0.6 is 11.6 Å². The van der Waals surface area contributed by atoms with Gasteiger partial charge in [-0.2, -0.15) is 0 Å². The van der Waals surface area contributed by atoms with Crippen molar-refractivity contribution < 1.29 is 4.74 Å². The summed E-state index contributed by atoms with van der Waals surface area (Å²) in [5.74, 6) is 0.673. The van der Waals surface area contributed by atoms with Crippen LogP contribution in [-0.2, 0) is 4.74 Å². The van der Waals surface area contributed by atoms with Crippen molar-refractivity contribution in [2.24, 2.45) is 5.92 Å². The second-order valence-electron chi connectivity index (χ2n) is 5.19. The lowest BCUT2D eigenvalue weighted by molar-refractivity contribution is 0.0251. The van der Waals surface area contributed by atoms with Gasteiger partial charge in [0.05, 0.1) is 12.2 Å². The lowest BCUT2D eigenvalue weighted by Crippen LogP contribution is -2.43. The van der Waals surface area contributed by atoms with Gasteiger partial charge in [-0.05, 0) is 38.6 Å². The molecule has 4 unspecified atom stereocenters. The van der Waals surface area contributed by atoms with Gasteiger partial charge in [-0.1, -0.05) is 6.92 Å². The van der Waals surface area contributed by atoms with E-state index < -0.39 is 0 Å². The number of halogens is 1. The van der Waals surface area contributed by atoms with Gasteiger partial charge in [0.1, 0.15) is 0 Å². The number of ether oxygens (including phenoxy) is 1. The first-order valence-electron chi connectivity index (χ1n) is 6.17. The number of alkyl halides is 1. The van der Waals surface area contributed by atoms with Gasteiger partial charge in [0.2, 0.25) is 0 Å². The highest BCUT2D eigenvalue weighted by atomic mass is 35.5. The Kier molecular flexibility index (Phi) is 3.92. The summed E-state index contributed by atoms with van der Waals surface area (Å²) in [6, 6.07) is 0. The Morgan fingerprint density at radius 2 is 2.07 bits per heavy atom. The van der Waals surface area contributed by atoms with E-state index in [4.69, 9.17) is 16.3 Å². The number of likely N-dealkylation sites (tertiary alicyclic amines) is 1. The molecule has 2 nitrogen and oxygen atoms in total. The van der Waals surface area contributed by atoms with Gasteiger partial charge in [-0.15, -0.1) is 11.6 Å². The molecule has 2 aliphatic heterocycles. The maximum Gasteiger partial charge on any atom is 0.0706 e. The largest absolute Gasteiger partial charge is 0.374 e. The average molecular weight is 232 g/mol. The van der Waals surface area contributed by atoms with Crippen LogP contribution in [0.25, 0.3) is 0 Å². The normalized spacial score (nSPS) is 43.4. The third-order valence-electron chi connectivity index (χ3n) is 3.73. The quantitative estimate of drug-likeness (QED) is 0.678. The maximum absolute atomic E-state index is 6.29. The van der Waals surface area contributed by atoms with Crippen molar-refractivity contribution in [2.45, 2.75) is 50.7 Å². The van der Waals surface area contributed by atoms with Gasteiger partial charge in [0.15, 0.2) is 0 Å². The third kappa shape index (κ3) is 3.08. The molecule has 0 saturated carbocycles. The standard InChI is InChI=1S/C12H22ClNO/c1-9-5-6-14(8-12(9)13)7-11-4-3-10(2)15-11/h9-12H,3-8H2,1-2H3. The molecule has 88 valence electrons. The van der Waals surface area contributed by atoms with Gasteiger partial charge in [-0.3, -0.25) is 4.90 Å². The smallest absolute Gasteiger partial charge is 0.0706 e. The molecule has 4 atom stereocenters. The maximum atomic E-state index is 6.29. The highest BCUT2D eigenvalue weighted by Gasteiger charge is 2.28. The molecule has 2 heterocycles. The van der Waals surface area contributed by atoms with E-state index in [0.29, 0.717) is 23.5 Å². The van der Waals surface area contributed by atoms with E-state index in [2.05, 4.69) is 18.7 Å². The number of rotatable bonds is 2. The predicted octanol–water partition coefficient (Wildman–Crippen LogP) is 2.50. The van der Waals surface area contributed by atoms with Crippen molar-refractivity contribution in [1.82, 2.24) is 4.90 Å². The van der Waals surface area contributed by atoms with E-state index in [-0.39, 0.29) is 0 Å². The molecule has 0 radical (unpaired) electrons. The fourth-order valence-corrected chi connectivity index (χ4v) is 2.88. The van der Waals surface area contributed by atoms with Crippen molar-refractivity contribution in [3.8, 4) is 0 Å². The van der Waals surface area contributed by atoms with E-state index in [1.165, 1.54) is 25.8 Å². The molecule has 15 heavy (non-hydrogen) atoms. The Labute approximate surface area is 97.9 Å². The predicted molar refractivity (Wildman–Crippen MR) is 63.4 cm³/mol. The lowest BCUT2D eigenvalue weighted by Gasteiger charge is -2.35. The Hall–Kier alpha value is 0.210. The molecule has 0 N–H and O–H groups in total. The fourth-order valence-electron chi connectivity index (χ4n) is 2.56. The molecule has 2 aliphatic rings. The molecule has 0 spiro atoms. The minimum Gasteiger partial charge on any atom is -0.374 e. The second-order valence-corrected chi connectivity index (χ2v) is 5.75. The summed E-state index contributed by atoms with van der Waals surface area (Å²) < 4.78 is 5.84. The second kappa shape index (κ2) is 5.03. The van der Waals surface area contributed by atoms with Gasteiger partial charge < -0.3 is 4.74 Å². The molecule has 3 heteroatoms. The zero-order valence-electron chi connectivity index (χ0n) is 9.79. The molecule has 0 aromatic carbocycles. The first-order chi connectivity index (χ1) is 7.15. The molecule has 2 saturated heterocycles. The van der Waals surface area contributed by atoms with Crippen LogP contribution in [0.15, 0.2) is 0 Å². The van der Waals surface area contributed by atoms with Crippen molar-refractivity contribution in [3.05, 3.63) is 0 Å². The molecule has 0 amide bonds. The molecule has 0 bridgehead atoms. The number of nitrogens with zero attached hydrogens (tertiary/aromatic N) is 1. The van der Waals surface area contributed by atoms with Gasteiger partial charge in [0, 0.05) is 18.5 Å². The van der Waals surface area contributed by atoms with Crippen LogP contribution in [0.5, 0.6) is 0 Å². The van der Waals surface area contributed by atoms with Crippen molar-refractivity contribution in [3.63, 3.8) is 0 Å². The van der Waals surface area contributed by atoms with Gasteiger partial charge >= 0.3 is 0 Å². The summed E-state index contributed by atoms with van der Waals surface area (Å²) in [5, 5.41) is 0.331. The number of hydrogen-bond donors (Lipinski definition) is 0. The monoisotopic (exact) mass is 231 g/mol. The van der Waals surface area contributed by atoms with Crippen LogP contribution < -0.4 is 0 Å². The zero-order valence-corrected chi connectivity index (χ0v) is 10.5. The van der Waals surface area contributed by atoms with E-state index in [1.807, 2.05) is 0 Å². The average Bonchev–Trinajstić information content (AvgIpc) is 2.58. The van der Waals surface area contributed by atoms with E-state index in [0.717, 1.165) is 13.1 Å². The minimum atomic E-state index is 0.331. The highest BCUT2D eigenvalue weighted by Crippen LogP contribution is 2.25. The molecular weight excluding hydrogens is 210 g/mol. The van der Waals surface area contributed by atoms with Crippen LogP contribution in [-0.4, -0.2) is 42.1 Å². The number of piperidine rings is 1. The lowest BCUT2D eigenvalue weighted by atomic mass is 9.98. The summed E-state index contributed by atoms with van der Waals surface area (Å²) in [4.78, 5) is 2.47. The SMILES string of the molecule is CC1CCC(CN2CCC(C)C(Cl)C2)O1. The van der Waals surface area contributed by atoms with Crippen LogP contribution in [0.4, 0.5) is 0 Å². The molecule has 2 rings (SSSR count). The summed E-state index contributed by atoms with van der Waals surface area (Å²) in [6.45, 7) is 7.74. The molecule has 0 aliphatic carbocycles. The zero-order chi connectivity index (χ0) is 10.8.